The van der Waals surface area contributed by atoms with E-state index in [1.165, 1.54) is 23.1 Å². The zero-order valence-electron chi connectivity index (χ0n) is 26.0. The van der Waals surface area contributed by atoms with E-state index in [-0.39, 0.29) is 23.5 Å². The van der Waals surface area contributed by atoms with Crippen LogP contribution in [-0.2, 0) is 0 Å². The van der Waals surface area contributed by atoms with Crippen LogP contribution in [0.2, 0.25) is 0 Å². The minimum Gasteiger partial charge on any atom is -0.388 e. The number of hydrogen-bond donors (Lipinski definition) is 1. The molecule has 2 saturated heterocycles. The number of aryl methyl sites for hydroxylation is 2. The van der Waals surface area contributed by atoms with Gasteiger partial charge in [-0.15, -0.1) is 0 Å². The summed E-state index contributed by atoms with van der Waals surface area (Å²) < 4.78 is 28.2. The Labute approximate surface area is 270 Å². The molecule has 2 aromatic heterocycles. The molecule has 47 heavy (non-hydrogen) atoms. The highest BCUT2D eigenvalue weighted by molar-refractivity contribution is 6.07. The molecule has 1 saturated carbocycles. The topological polar surface area (TPSA) is 110 Å². The monoisotopic (exact) mass is 640 g/mol. The molecule has 1 atom stereocenters. The van der Waals surface area contributed by atoms with Crippen molar-refractivity contribution in [2.45, 2.75) is 32.8 Å². The molecule has 1 N–H and O–H groups in total. The average Bonchev–Trinajstić information content (AvgIpc) is 3.75. The first kappa shape index (κ1) is 31.7. The standard InChI is InChI=1S/C19H20FN3O2.C16H14FN3O2/c1-12-6-7-21-11-17(12)23-9-8-22(19(23)25)14-4-5-15(16(20)10-14)18(24)13-2-3-13;1-11-4-5-18-9-15(11)20-7-6-19(16(20)22)13-3-2-12(10-21)14(17)8-13/h4-7,10-11,13,18,24H,2-3,8-9H2,1H3;2-5,8-10H,6-7H2,1H3. The summed E-state index contributed by atoms with van der Waals surface area (Å²) in [5, 5.41) is 10.1. The number of carbonyl (C=O) groups excluding carboxylic acids is 3. The Kier molecular flexibility index (Phi) is 8.95. The summed E-state index contributed by atoms with van der Waals surface area (Å²) in [6.45, 7) is 5.80. The first-order chi connectivity index (χ1) is 22.7. The van der Waals surface area contributed by atoms with Crippen molar-refractivity contribution in [1.29, 1.82) is 0 Å². The fraction of sp³-hybridized carbons (Fsp3) is 0.286. The number of aliphatic hydroxyl groups is 1. The highest BCUT2D eigenvalue weighted by atomic mass is 19.1. The van der Waals surface area contributed by atoms with Crippen LogP contribution in [0.4, 0.5) is 41.1 Å². The highest BCUT2D eigenvalue weighted by Gasteiger charge is 2.35. The third kappa shape index (κ3) is 6.41. The number of anilines is 4. The molecule has 242 valence electrons. The number of aromatic nitrogens is 2. The molecule has 7 rings (SSSR count). The molecule has 3 fully saturated rings. The Morgan fingerprint density at radius 2 is 1.23 bits per heavy atom. The van der Waals surface area contributed by atoms with E-state index in [2.05, 4.69) is 9.97 Å². The number of urea groups is 2. The first-order valence-electron chi connectivity index (χ1n) is 15.4. The van der Waals surface area contributed by atoms with Gasteiger partial charge >= 0.3 is 12.1 Å². The van der Waals surface area contributed by atoms with E-state index in [9.17, 15) is 28.3 Å². The summed E-state index contributed by atoms with van der Waals surface area (Å²) in [6.07, 6.45) is 8.26. The molecule has 4 amide bonds. The Morgan fingerprint density at radius 3 is 1.68 bits per heavy atom. The number of amides is 4. The molecule has 0 radical (unpaired) electrons. The number of aliphatic hydroxyl groups excluding tert-OH is 1. The summed E-state index contributed by atoms with van der Waals surface area (Å²) in [7, 11) is 0. The number of halogens is 2. The SMILES string of the molecule is Cc1ccncc1N1CCN(c2ccc(C(O)C3CC3)c(F)c2)C1=O.Cc1ccncc1N1CCN(c2ccc(C=O)c(F)c2)C1=O. The van der Waals surface area contributed by atoms with Crippen LogP contribution in [0, 0.1) is 31.4 Å². The van der Waals surface area contributed by atoms with Gasteiger partial charge in [0.25, 0.3) is 0 Å². The molecule has 2 aromatic carbocycles. The summed E-state index contributed by atoms with van der Waals surface area (Å²) in [6, 6.07) is 12.1. The lowest BCUT2D eigenvalue weighted by Crippen LogP contribution is -2.32. The van der Waals surface area contributed by atoms with Crippen LogP contribution in [0.15, 0.2) is 73.3 Å². The van der Waals surface area contributed by atoms with Crippen LogP contribution >= 0.6 is 0 Å². The average molecular weight is 641 g/mol. The molecule has 2 aliphatic heterocycles. The number of benzene rings is 2. The number of rotatable bonds is 7. The molecule has 1 aliphatic carbocycles. The quantitative estimate of drug-likeness (QED) is 0.241. The van der Waals surface area contributed by atoms with Gasteiger partial charge < -0.3 is 5.11 Å². The number of hydrogen-bond acceptors (Lipinski definition) is 6. The van der Waals surface area contributed by atoms with Crippen molar-refractivity contribution in [1.82, 2.24) is 9.97 Å². The lowest BCUT2D eigenvalue weighted by molar-refractivity contribution is 0.111. The van der Waals surface area contributed by atoms with Crippen molar-refractivity contribution in [3.8, 4) is 0 Å². The van der Waals surface area contributed by atoms with Crippen LogP contribution in [0.1, 0.15) is 46.0 Å². The smallest absolute Gasteiger partial charge is 0.329 e. The van der Waals surface area contributed by atoms with Crippen LogP contribution in [0.5, 0.6) is 0 Å². The number of nitrogens with zero attached hydrogens (tertiary/aromatic N) is 6. The molecule has 0 bridgehead atoms. The third-order valence-electron chi connectivity index (χ3n) is 8.73. The maximum Gasteiger partial charge on any atom is 0.329 e. The van der Waals surface area contributed by atoms with E-state index < -0.39 is 17.7 Å². The van der Waals surface area contributed by atoms with Crippen molar-refractivity contribution >= 4 is 41.1 Å². The lowest BCUT2D eigenvalue weighted by atomic mass is 10.0. The van der Waals surface area contributed by atoms with E-state index in [1.54, 1.807) is 57.7 Å². The van der Waals surface area contributed by atoms with Crippen molar-refractivity contribution in [2.75, 3.05) is 45.8 Å². The van der Waals surface area contributed by atoms with Crippen molar-refractivity contribution in [3.63, 3.8) is 0 Å². The fourth-order valence-electron chi connectivity index (χ4n) is 5.85. The van der Waals surface area contributed by atoms with Crippen LogP contribution in [0.3, 0.4) is 0 Å². The van der Waals surface area contributed by atoms with Crippen LogP contribution in [0.25, 0.3) is 0 Å². The Bertz CT molecular complexity index is 1830. The predicted octanol–water partition coefficient (Wildman–Crippen LogP) is 6.21. The molecule has 3 aliphatic rings. The molecule has 4 heterocycles. The maximum absolute atomic E-state index is 14.4. The van der Waals surface area contributed by atoms with Gasteiger partial charge in [0.2, 0.25) is 0 Å². The van der Waals surface area contributed by atoms with Gasteiger partial charge in [-0.3, -0.25) is 34.4 Å². The van der Waals surface area contributed by atoms with Gasteiger partial charge in [-0.25, -0.2) is 18.4 Å². The third-order valence-corrected chi connectivity index (χ3v) is 8.73. The summed E-state index contributed by atoms with van der Waals surface area (Å²) >= 11 is 0. The van der Waals surface area contributed by atoms with E-state index in [1.807, 2.05) is 26.0 Å². The summed E-state index contributed by atoms with van der Waals surface area (Å²) in [5.74, 6) is -0.921. The van der Waals surface area contributed by atoms with Gasteiger partial charge in [0.15, 0.2) is 6.29 Å². The number of aldehydes is 1. The fourth-order valence-corrected chi connectivity index (χ4v) is 5.85. The second-order valence-electron chi connectivity index (χ2n) is 11.8. The van der Waals surface area contributed by atoms with E-state index >= 15 is 0 Å². The Hall–Kier alpha value is -5.23. The van der Waals surface area contributed by atoms with Crippen molar-refractivity contribution in [3.05, 3.63) is 107 Å². The van der Waals surface area contributed by atoms with E-state index in [4.69, 9.17) is 0 Å². The number of carbonyl (C=O) groups is 3. The first-order valence-corrected chi connectivity index (χ1v) is 15.4. The predicted molar refractivity (Wildman–Crippen MR) is 174 cm³/mol. The largest absolute Gasteiger partial charge is 0.388 e. The van der Waals surface area contributed by atoms with Gasteiger partial charge in [-0.05, 0) is 86.2 Å². The second kappa shape index (κ2) is 13.2. The summed E-state index contributed by atoms with van der Waals surface area (Å²) in [4.78, 5) is 50.4. The van der Waals surface area contributed by atoms with E-state index in [0.717, 1.165) is 35.3 Å². The van der Waals surface area contributed by atoms with Gasteiger partial charge in [0, 0.05) is 55.5 Å². The highest BCUT2D eigenvalue weighted by Crippen LogP contribution is 2.42. The number of pyridine rings is 2. The molecule has 10 nitrogen and oxygen atoms in total. The summed E-state index contributed by atoms with van der Waals surface area (Å²) in [5.41, 5.74) is 4.70. The Balaban J connectivity index is 0.000000166. The van der Waals surface area contributed by atoms with Crippen molar-refractivity contribution < 1.29 is 28.3 Å². The van der Waals surface area contributed by atoms with Gasteiger partial charge in [-0.1, -0.05) is 6.07 Å². The molecule has 0 spiro atoms. The molecule has 12 heteroatoms. The van der Waals surface area contributed by atoms with Gasteiger partial charge in [0.05, 0.1) is 35.4 Å². The van der Waals surface area contributed by atoms with Crippen LogP contribution < -0.4 is 19.6 Å². The van der Waals surface area contributed by atoms with Gasteiger partial charge in [0.1, 0.15) is 11.6 Å². The second-order valence-corrected chi connectivity index (χ2v) is 11.8. The van der Waals surface area contributed by atoms with E-state index in [0.29, 0.717) is 49.4 Å². The molecular weight excluding hydrogens is 606 g/mol. The Morgan fingerprint density at radius 1 is 0.745 bits per heavy atom. The zero-order chi connectivity index (χ0) is 33.2. The van der Waals surface area contributed by atoms with Gasteiger partial charge in [-0.2, -0.15) is 0 Å². The molecular formula is C35H34F2N6O4. The zero-order valence-corrected chi connectivity index (χ0v) is 26.0. The van der Waals surface area contributed by atoms with Crippen LogP contribution in [-0.4, -0.2) is 59.6 Å². The normalized spacial score (nSPS) is 16.8. The maximum atomic E-state index is 14.4. The molecule has 4 aromatic rings. The minimum atomic E-state index is -0.752. The molecule has 1 unspecified atom stereocenters. The lowest BCUT2D eigenvalue weighted by Gasteiger charge is -2.20. The van der Waals surface area contributed by atoms with Crippen molar-refractivity contribution in [2.24, 2.45) is 5.92 Å². The minimum absolute atomic E-state index is 0.0182.